The summed E-state index contributed by atoms with van der Waals surface area (Å²) in [4.78, 5) is 49.0. The number of carbonyl (C=O) groups excluding carboxylic acids is 2. The first-order chi connectivity index (χ1) is 13.5. The van der Waals surface area contributed by atoms with Gasteiger partial charge in [0.25, 0.3) is 0 Å². The van der Waals surface area contributed by atoms with Crippen LogP contribution in [0.5, 0.6) is 0 Å². The third-order valence-corrected chi connectivity index (χ3v) is 3.88. The summed E-state index contributed by atoms with van der Waals surface area (Å²) in [7, 11) is 0. The van der Waals surface area contributed by atoms with Crippen LogP contribution in [-0.2, 0) is 19.2 Å². The SMILES string of the molecule is NC(N)=NCCC[C@H](N)C(=O)NCCCC[C@H](N)C(=O)N[C@@H](CC(=O)O)C(=O)O. The van der Waals surface area contributed by atoms with Crippen molar-refractivity contribution in [3.8, 4) is 0 Å². The van der Waals surface area contributed by atoms with E-state index in [1.54, 1.807) is 0 Å². The van der Waals surface area contributed by atoms with Crippen LogP contribution in [0.25, 0.3) is 0 Å². The highest BCUT2D eigenvalue weighted by Gasteiger charge is 2.25. The Balaban J connectivity index is 4.04. The van der Waals surface area contributed by atoms with Gasteiger partial charge in [-0.05, 0) is 32.1 Å². The first kappa shape index (κ1) is 26.1. The second-order valence-electron chi connectivity index (χ2n) is 6.45. The first-order valence-corrected chi connectivity index (χ1v) is 9.13. The van der Waals surface area contributed by atoms with Crippen LogP contribution in [0.3, 0.4) is 0 Å². The molecule has 12 N–H and O–H groups in total. The van der Waals surface area contributed by atoms with Crippen molar-refractivity contribution < 1.29 is 29.4 Å². The van der Waals surface area contributed by atoms with Crippen molar-refractivity contribution in [2.45, 2.75) is 56.7 Å². The van der Waals surface area contributed by atoms with Gasteiger partial charge in [0.05, 0.1) is 18.5 Å². The molecular weight excluding hydrogens is 386 g/mol. The number of amides is 2. The smallest absolute Gasteiger partial charge is 0.326 e. The monoisotopic (exact) mass is 417 g/mol. The molecule has 29 heavy (non-hydrogen) atoms. The summed E-state index contributed by atoms with van der Waals surface area (Å²) in [6.07, 6.45) is 1.51. The van der Waals surface area contributed by atoms with Gasteiger partial charge in [-0.25, -0.2) is 4.79 Å². The number of unbranched alkanes of at least 4 members (excludes halogenated alkanes) is 1. The molecule has 0 spiro atoms. The molecule has 0 heterocycles. The maximum Gasteiger partial charge on any atom is 0.326 e. The molecule has 2 amide bonds. The van der Waals surface area contributed by atoms with E-state index < -0.39 is 42.4 Å². The Labute approximate surface area is 168 Å². The topological polar surface area (TPSA) is 249 Å². The lowest BCUT2D eigenvalue weighted by atomic mass is 10.1. The molecule has 0 aliphatic rings. The van der Waals surface area contributed by atoms with Crippen molar-refractivity contribution in [3.63, 3.8) is 0 Å². The number of guanidine groups is 1. The predicted molar refractivity (Wildman–Crippen MR) is 105 cm³/mol. The minimum atomic E-state index is -1.54. The zero-order valence-electron chi connectivity index (χ0n) is 16.2. The highest BCUT2D eigenvalue weighted by molar-refractivity contribution is 5.89. The maximum atomic E-state index is 11.9. The predicted octanol–water partition coefficient (Wildman–Crippen LogP) is -2.97. The van der Waals surface area contributed by atoms with E-state index in [4.69, 9.17) is 33.1 Å². The molecule has 0 aliphatic heterocycles. The highest BCUT2D eigenvalue weighted by Crippen LogP contribution is 2.01. The van der Waals surface area contributed by atoms with Gasteiger partial charge in [0, 0.05) is 13.1 Å². The number of hydrogen-bond donors (Lipinski definition) is 8. The van der Waals surface area contributed by atoms with Crippen LogP contribution in [0, 0.1) is 0 Å². The van der Waals surface area contributed by atoms with E-state index in [-0.39, 0.29) is 18.3 Å². The number of nitrogens with two attached hydrogens (primary N) is 4. The van der Waals surface area contributed by atoms with Gasteiger partial charge in [-0.15, -0.1) is 0 Å². The molecule has 0 saturated heterocycles. The minimum absolute atomic E-state index is 0.0183. The quantitative estimate of drug-likeness (QED) is 0.0762. The molecule has 0 aliphatic carbocycles. The number of carboxylic acids is 2. The number of carbonyl (C=O) groups is 4. The number of aliphatic carboxylic acids is 2. The third-order valence-electron chi connectivity index (χ3n) is 3.88. The van der Waals surface area contributed by atoms with Gasteiger partial charge >= 0.3 is 11.9 Å². The molecule has 0 saturated carbocycles. The van der Waals surface area contributed by atoms with Crippen LogP contribution < -0.4 is 33.6 Å². The standard InChI is InChI=1S/C16H31N7O6/c17-9(5-3-7-22-16(19)20)13(26)21-6-2-1-4-10(18)14(27)23-11(15(28)29)8-12(24)25/h9-11H,1-8,17-18H2,(H,21,26)(H,23,27)(H,24,25)(H,28,29)(H4,19,20,22)/t9-,10-,11-/m0/s1. The van der Waals surface area contributed by atoms with Crippen LogP contribution in [0.15, 0.2) is 4.99 Å². The van der Waals surface area contributed by atoms with Gasteiger partial charge in [0.1, 0.15) is 6.04 Å². The zero-order chi connectivity index (χ0) is 22.4. The number of rotatable bonds is 15. The Morgan fingerprint density at radius 3 is 2.03 bits per heavy atom. The second-order valence-corrected chi connectivity index (χ2v) is 6.45. The zero-order valence-corrected chi connectivity index (χ0v) is 16.2. The Kier molecular flexibility index (Phi) is 12.7. The molecule has 0 rings (SSSR count). The summed E-state index contributed by atoms with van der Waals surface area (Å²) < 4.78 is 0. The van der Waals surface area contributed by atoms with Crippen LogP contribution in [0.2, 0.25) is 0 Å². The first-order valence-electron chi connectivity index (χ1n) is 9.13. The molecule has 0 bridgehead atoms. The Morgan fingerprint density at radius 1 is 0.897 bits per heavy atom. The molecule has 0 radical (unpaired) electrons. The molecule has 0 unspecified atom stereocenters. The van der Waals surface area contributed by atoms with Gasteiger partial charge in [0.2, 0.25) is 11.8 Å². The normalized spacial score (nSPS) is 13.6. The number of hydrogen-bond acceptors (Lipinski definition) is 7. The fraction of sp³-hybridized carbons (Fsp3) is 0.688. The summed E-state index contributed by atoms with van der Waals surface area (Å²) in [6.45, 7) is 0.726. The molecule has 3 atom stereocenters. The summed E-state index contributed by atoms with van der Waals surface area (Å²) >= 11 is 0. The lowest BCUT2D eigenvalue weighted by molar-refractivity contribution is -0.147. The van der Waals surface area contributed by atoms with E-state index in [0.717, 1.165) is 0 Å². The van der Waals surface area contributed by atoms with Crippen LogP contribution in [0.1, 0.15) is 38.5 Å². The molecule has 13 nitrogen and oxygen atoms in total. The van der Waals surface area contributed by atoms with Gasteiger partial charge in [-0.3, -0.25) is 19.4 Å². The van der Waals surface area contributed by atoms with E-state index in [1.165, 1.54) is 0 Å². The highest BCUT2D eigenvalue weighted by atomic mass is 16.4. The van der Waals surface area contributed by atoms with E-state index >= 15 is 0 Å². The van der Waals surface area contributed by atoms with Crippen LogP contribution in [0.4, 0.5) is 0 Å². The Hall–Kier alpha value is -2.93. The second kappa shape index (κ2) is 14.1. The molecule has 0 aromatic rings. The molecule has 13 heteroatoms. The van der Waals surface area contributed by atoms with Gasteiger partial charge in [-0.2, -0.15) is 0 Å². The van der Waals surface area contributed by atoms with E-state index in [2.05, 4.69) is 15.6 Å². The Morgan fingerprint density at radius 2 is 1.48 bits per heavy atom. The molecule has 0 aromatic carbocycles. The van der Waals surface area contributed by atoms with Gasteiger partial charge in [-0.1, -0.05) is 0 Å². The number of nitrogens with one attached hydrogen (secondary N) is 2. The molecular formula is C16H31N7O6. The van der Waals surface area contributed by atoms with E-state index in [0.29, 0.717) is 38.8 Å². The summed E-state index contributed by atoms with van der Waals surface area (Å²) in [5.41, 5.74) is 21.8. The minimum Gasteiger partial charge on any atom is -0.481 e. The Bertz CT molecular complexity index is 594. The molecule has 0 aromatic heterocycles. The van der Waals surface area contributed by atoms with Crippen molar-refractivity contribution in [1.29, 1.82) is 0 Å². The van der Waals surface area contributed by atoms with Crippen molar-refractivity contribution in [2.75, 3.05) is 13.1 Å². The summed E-state index contributed by atoms with van der Waals surface area (Å²) in [6, 6.07) is -3.21. The van der Waals surface area contributed by atoms with Crippen molar-refractivity contribution in [1.82, 2.24) is 10.6 Å². The van der Waals surface area contributed by atoms with Crippen molar-refractivity contribution >= 4 is 29.7 Å². The number of nitrogens with zero attached hydrogens (tertiary/aromatic N) is 1. The maximum absolute atomic E-state index is 11.9. The van der Waals surface area contributed by atoms with Crippen molar-refractivity contribution in [3.05, 3.63) is 0 Å². The van der Waals surface area contributed by atoms with E-state index in [1.807, 2.05) is 0 Å². The average Bonchev–Trinajstić information content (AvgIpc) is 2.62. The summed E-state index contributed by atoms with van der Waals surface area (Å²) in [5.74, 6) is -3.88. The molecule has 0 fully saturated rings. The van der Waals surface area contributed by atoms with Gasteiger partial charge in [0.15, 0.2) is 5.96 Å². The molecule has 166 valence electrons. The third kappa shape index (κ3) is 13.0. The van der Waals surface area contributed by atoms with Crippen molar-refractivity contribution in [2.24, 2.45) is 27.9 Å². The largest absolute Gasteiger partial charge is 0.481 e. The van der Waals surface area contributed by atoms with Gasteiger partial charge < -0.3 is 43.8 Å². The number of carboxylic acid groups (broad SMARTS) is 2. The van der Waals surface area contributed by atoms with Crippen LogP contribution in [-0.4, -0.2) is 71.1 Å². The summed E-state index contributed by atoms with van der Waals surface area (Å²) in [5, 5.41) is 22.3. The van der Waals surface area contributed by atoms with E-state index in [9.17, 15) is 19.2 Å². The fourth-order valence-corrected chi connectivity index (χ4v) is 2.27. The fourth-order valence-electron chi connectivity index (χ4n) is 2.27. The number of aliphatic imine (C=N–C) groups is 1. The lowest BCUT2D eigenvalue weighted by Gasteiger charge is -2.16. The average molecular weight is 417 g/mol. The van der Waals surface area contributed by atoms with Crippen LogP contribution >= 0.6 is 0 Å². The lowest BCUT2D eigenvalue weighted by Crippen LogP contribution is -2.49.